The van der Waals surface area contributed by atoms with Crippen molar-refractivity contribution in [2.45, 2.75) is 25.3 Å². The van der Waals surface area contributed by atoms with Gasteiger partial charge in [-0.3, -0.25) is 4.79 Å². The van der Waals surface area contributed by atoms with E-state index >= 15 is 0 Å². The molecule has 1 aromatic carbocycles. The summed E-state index contributed by atoms with van der Waals surface area (Å²) in [5.41, 5.74) is 3.28. The van der Waals surface area contributed by atoms with Gasteiger partial charge in [0.25, 0.3) is 0 Å². The molecule has 0 bridgehead atoms. The van der Waals surface area contributed by atoms with Crippen LogP contribution in [0.1, 0.15) is 30.1 Å². The topological polar surface area (TPSA) is 44.9 Å². The Hall–Kier alpha value is -1.07. The minimum atomic E-state index is -0.0218. The Morgan fingerprint density at radius 1 is 1.15 bits per heavy atom. The minimum absolute atomic E-state index is 0.0218. The van der Waals surface area contributed by atoms with Crippen LogP contribution in [-0.2, 0) is 6.42 Å². The average Bonchev–Trinajstić information content (AvgIpc) is 2.42. The van der Waals surface area contributed by atoms with Crippen LogP contribution in [0, 0.1) is 0 Å². The first-order chi connectivity index (χ1) is 9.65. The number of rotatable bonds is 2. The number of hydrogen-bond acceptors (Lipinski definition) is 2. The number of aromatic nitrogens is 1. The Morgan fingerprint density at radius 2 is 1.90 bits per heavy atom. The lowest BCUT2D eigenvalue weighted by Gasteiger charge is -2.27. The van der Waals surface area contributed by atoms with Crippen molar-refractivity contribution in [1.82, 2.24) is 4.98 Å². The molecule has 2 aromatic rings. The SMILES string of the molecule is O=c1ccc2c([nH]1)CCCC2Nc1c(Br)cccc1Br. The Morgan fingerprint density at radius 3 is 2.65 bits per heavy atom. The zero-order chi connectivity index (χ0) is 14.1. The van der Waals surface area contributed by atoms with Gasteiger partial charge in [0.15, 0.2) is 0 Å². The molecule has 0 saturated carbocycles. The molecular formula is C15H14Br2N2O. The van der Waals surface area contributed by atoms with E-state index in [9.17, 15) is 4.79 Å². The standard InChI is InChI=1S/C15H14Br2N2O/c16-10-3-1-4-11(17)15(10)19-13-6-2-5-12-9(13)7-8-14(20)18-12/h1,3-4,7-8,13,19H,2,5-6H2,(H,18,20). The number of anilines is 1. The van der Waals surface area contributed by atoms with Crippen LogP contribution in [0.25, 0.3) is 0 Å². The maximum atomic E-state index is 11.4. The highest BCUT2D eigenvalue weighted by atomic mass is 79.9. The predicted molar refractivity (Wildman–Crippen MR) is 88.2 cm³/mol. The summed E-state index contributed by atoms with van der Waals surface area (Å²) in [4.78, 5) is 14.4. The van der Waals surface area contributed by atoms with E-state index in [4.69, 9.17) is 0 Å². The van der Waals surface area contributed by atoms with Crippen molar-refractivity contribution in [3.63, 3.8) is 0 Å². The number of para-hydroxylation sites is 1. The summed E-state index contributed by atoms with van der Waals surface area (Å²) in [5.74, 6) is 0. The molecule has 104 valence electrons. The van der Waals surface area contributed by atoms with E-state index in [0.717, 1.165) is 39.6 Å². The quantitative estimate of drug-likeness (QED) is 0.789. The zero-order valence-corrected chi connectivity index (χ0v) is 13.9. The molecule has 0 saturated heterocycles. The Labute approximate surface area is 134 Å². The molecule has 0 amide bonds. The van der Waals surface area contributed by atoms with E-state index in [1.54, 1.807) is 6.07 Å². The molecule has 3 rings (SSSR count). The maximum absolute atomic E-state index is 11.4. The number of hydrogen-bond donors (Lipinski definition) is 2. The third-order valence-corrected chi connectivity index (χ3v) is 4.93. The van der Waals surface area contributed by atoms with E-state index in [2.05, 4.69) is 42.2 Å². The highest BCUT2D eigenvalue weighted by Crippen LogP contribution is 2.37. The van der Waals surface area contributed by atoms with Crippen LogP contribution in [0.5, 0.6) is 0 Å². The summed E-state index contributed by atoms with van der Waals surface area (Å²) >= 11 is 7.15. The van der Waals surface area contributed by atoms with E-state index in [-0.39, 0.29) is 11.6 Å². The van der Waals surface area contributed by atoms with Crippen molar-refractivity contribution >= 4 is 37.5 Å². The third-order valence-electron chi connectivity index (χ3n) is 3.61. The molecule has 1 aliphatic carbocycles. The minimum Gasteiger partial charge on any atom is -0.376 e. The highest BCUT2D eigenvalue weighted by Gasteiger charge is 2.21. The summed E-state index contributed by atoms with van der Waals surface area (Å²) in [5, 5.41) is 3.58. The fourth-order valence-electron chi connectivity index (χ4n) is 2.66. The van der Waals surface area contributed by atoms with Crippen molar-refractivity contribution in [2.75, 3.05) is 5.32 Å². The zero-order valence-electron chi connectivity index (χ0n) is 10.7. The van der Waals surface area contributed by atoms with E-state index in [1.807, 2.05) is 24.3 Å². The van der Waals surface area contributed by atoms with Gasteiger partial charge in [-0.1, -0.05) is 6.07 Å². The molecule has 0 spiro atoms. The van der Waals surface area contributed by atoms with Crippen molar-refractivity contribution in [3.8, 4) is 0 Å². The van der Waals surface area contributed by atoms with Gasteiger partial charge in [0, 0.05) is 20.7 Å². The van der Waals surface area contributed by atoms with Gasteiger partial charge >= 0.3 is 0 Å². The van der Waals surface area contributed by atoms with Gasteiger partial charge in [-0.2, -0.15) is 0 Å². The average molecular weight is 398 g/mol. The number of fused-ring (bicyclic) bond motifs is 1. The summed E-state index contributed by atoms with van der Waals surface area (Å²) < 4.78 is 2.06. The van der Waals surface area contributed by atoms with Gasteiger partial charge in [-0.25, -0.2) is 0 Å². The molecule has 0 aliphatic heterocycles. The smallest absolute Gasteiger partial charge is 0.248 e. The normalized spacial score (nSPS) is 17.6. The van der Waals surface area contributed by atoms with Crippen molar-refractivity contribution in [3.05, 3.63) is 60.9 Å². The fourth-order valence-corrected chi connectivity index (χ4v) is 3.89. The number of benzene rings is 1. The molecule has 1 aliphatic rings. The molecular weight excluding hydrogens is 384 g/mol. The lowest BCUT2D eigenvalue weighted by atomic mass is 9.91. The van der Waals surface area contributed by atoms with Crippen LogP contribution in [0.2, 0.25) is 0 Å². The van der Waals surface area contributed by atoms with Crippen molar-refractivity contribution < 1.29 is 0 Å². The summed E-state index contributed by atoms with van der Waals surface area (Å²) in [6, 6.07) is 9.80. The van der Waals surface area contributed by atoms with Crippen LogP contribution in [0.3, 0.4) is 0 Å². The van der Waals surface area contributed by atoms with Crippen molar-refractivity contribution in [2.24, 2.45) is 0 Å². The molecule has 5 heteroatoms. The van der Waals surface area contributed by atoms with Crippen LogP contribution in [0.4, 0.5) is 5.69 Å². The maximum Gasteiger partial charge on any atom is 0.248 e. The van der Waals surface area contributed by atoms with E-state index in [0.29, 0.717) is 0 Å². The largest absolute Gasteiger partial charge is 0.376 e. The van der Waals surface area contributed by atoms with Gasteiger partial charge in [-0.15, -0.1) is 0 Å². The number of pyridine rings is 1. The molecule has 3 nitrogen and oxygen atoms in total. The van der Waals surface area contributed by atoms with Crippen LogP contribution in [-0.4, -0.2) is 4.98 Å². The van der Waals surface area contributed by atoms with Crippen LogP contribution in [0.15, 0.2) is 44.1 Å². The van der Waals surface area contributed by atoms with Gasteiger partial charge < -0.3 is 10.3 Å². The Balaban J connectivity index is 1.96. The second-order valence-electron chi connectivity index (χ2n) is 4.94. The second-order valence-corrected chi connectivity index (χ2v) is 6.65. The first-order valence-electron chi connectivity index (χ1n) is 6.58. The van der Waals surface area contributed by atoms with Crippen LogP contribution >= 0.6 is 31.9 Å². The molecule has 0 radical (unpaired) electrons. The van der Waals surface area contributed by atoms with E-state index < -0.39 is 0 Å². The molecule has 1 unspecified atom stereocenters. The van der Waals surface area contributed by atoms with Gasteiger partial charge in [-0.05, 0) is 74.9 Å². The van der Waals surface area contributed by atoms with Gasteiger partial charge in [0.2, 0.25) is 5.56 Å². The monoisotopic (exact) mass is 396 g/mol. The lowest BCUT2D eigenvalue weighted by Crippen LogP contribution is -2.21. The van der Waals surface area contributed by atoms with Gasteiger partial charge in [0.05, 0.1) is 11.7 Å². The highest BCUT2D eigenvalue weighted by molar-refractivity contribution is 9.11. The number of aromatic amines is 1. The van der Waals surface area contributed by atoms with Gasteiger partial charge in [0.1, 0.15) is 0 Å². The summed E-state index contributed by atoms with van der Waals surface area (Å²) in [6.07, 6.45) is 3.08. The molecule has 2 N–H and O–H groups in total. The predicted octanol–water partition coefficient (Wildman–Crippen LogP) is 4.39. The molecule has 1 atom stereocenters. The lowest BCUT2D eigenvalue weighted by molar-refractivity contribution is 0.586. The third kappa shape index (κ3) is 2.69. The second kappa shape index (κ2) is 5.74. The Kier molecular flexibility index (Phi) is 3.98. The van der Waals surface area contributed by atoms with Crippen LogP contribution < -0.4 is 10.9 Å². The number of nitrogens with one attached hydrogen (secondary N) is 2. The van der Waals surface area contributed by atoms with Crippen molar-refractivity contribution in [1.29, 1.82) is 0 Å². The molecule has 20 heavy (non-hydrogen) atoms. The number of aryl methyl sites for hydroxylation is 1. The number of halogens is 2. The molecule has 0 fully saturated rings. The summed E-state index contributed by atoms with van der Waals surface area (Å²) in [6.45, 7) is 0. The molecule has 1 aromatic heterocycles. The first-order valence-corrected chi connectivity index (χ1v) is 8.16. The van der Waals surface area contributed by atoms with E-state index in [1.165, 1.54) is 5.56 Å². The summed E-state index contributed by atoms with van der Waals surface area (Å²) in [7, 11) is 0. The Bertz CT molecular complexity index is 676. The number of H-pyrrole nitrogens is 1. The first kappa shape index (κ1) is 13.9. The fraction of sp³-hybridized carbons (Fsp3) is 0.267. The molecule has 1 heterocycles.